The van der Waals surface area contributed by atoms with Gasteiger partial charge in [0, 0.05) is 10.8 Å². The molecule has 2 rings (SSSR count). The molecule has 0 aliphatic carbocycles. The highest BCUT2D eigenvalue weighted by atomic mass is 16.4. The molecule has 0 saturated carbocycles. The Morgan fingerprint density at radius 1 is 1.41 bits per heavy atom. The quantitative estimate of drug-likeness (QED) is 0.477. The molecule has 2 N–H and O–H groups in total. The number of aromatic nitrogens is 2. The van der Waals surface area contributed by atoms with Crippen LogP contribution in [0.3, 0.4) is 0 Å². The van der Waals surface area contributed by atoms with Crippen LogP contribution < -0.4 is 5.43 Å². The topological polar surface area (TPSA) is 87.5 Å². The Hall–Kier alpha value is -2.50. The number of benzene rings is 1. The van der Waals surface area contributed by atoms with Gasteiger partial charge in [0.1, 0.15) is 5.71 Å². The molecule has 0 bridgehead atoms. The first-order valence-electron chi connectivity index (χ1n) is 4.92. The molecular formula is C11H10N4O2. The van der Waals surface area contributed by atoms with Gasteiger partial charge in [-0.05, 0) is 6.92 Å². The molecule has 6 heteroatoms. The summed E-state index contributed by atoms with van der Waals surface area (Å²) < 4.78 is 0. The molecule has 0 spiro atoms. The van der Waals surface area contributed by atoms with Crippen LogP contribution in [0.5, 0.6) is 0 Å². The predicted octanol–water partition coefficient (Wildman–Crippen LogP) is 1.50. The van der Waals surface area contributed by atoms with Gasteiger partial charge in [0.05, 0.1) is 6.20 Å². The normalized spacial score (nSPS) is 11.5. The Morgan fingerprint density at radius 3 is 2.94 bits per heavy atom. The van der Waals surface area contributed by atoms with Crippen molar-refractivity contribution in [1.29, 1.82) is 0 Å². The largest absolute Gasteiger partial charge is 0.477 e. The molecule has 17 heavy (non-hydrogen) atoms. The minimum absolute atomic E-state index is 0.0419. The first-order chi connectivity index (χ1) is 8.18. The number of nitrogens with zero attached hydrogens (tertiary/aromatic N) is 3. The molecule has 0 aliphatic rings. The zero-order valence-electron chi connectivity index (χ0n) is 9.08. The van der Waals surface area contributed by atoms with E-state index in [1.165, 1.54) is 6.92 Å². The summed E-state index contributed by atoms with van der Waals surface area (Å²) in [6.45, 7) is 1.40. The van der Waals surface area contributed by atoms with Crippen molar-refractivity contribution in [2.75, 3.05) is 5.43 Å². The molecule has 0 aliphatic heterocycles. The maximum atomic E-state index is 10.6. The summed E-state index contributed by atoms with van der Waals surface area (Å²) in [5, 5.41) is 21.8. The summed E-state index contributed by atoms with van der Waals surface area (Å²) in [5.74, 6) is -0.644. The zero-order valence-corrected chi connectivity index (χ0v) is 9.08. The molecule has 0 fully saturated rings. The van der Waals surface area contributed by atoms with E-state index in [0.717, 1.165) is 10.8 Å². The average Bonchev–Trinajstić information content (AvgIpc) is 2.35. The van der Waals surface area contributed by atoms with Gasteiger partial charge in [-0.15, -0.1) is 5.10 Å². The maximum Gasteiger partial charge on any atom is 0.351 e. The zero-order chi connectivity index (χ0) is 12.3. The summed E-state index contributed by atoms with van der Waals surface area (Å²) >= 11 is 0. The molecule has 2 aromatic rings. The lowest BCUT2D eigenvalue weighted by atomic mass is 10.2. The van der Waals surface area contributed by atoms with Crippen molar-refractivity contribution >= 4 is 28.3 Å². The van der Waals surface area contributed by atoms with Gasteiger partial charge in [-0.2, -0.15) is 10.2 Å². The Morgan fingerprint density at radius 2 is 2.18 bits per heavy atom. The number of anilines is 1. The van der Waals surface area contributed by atoms with E-state index in [-0.39, 0.29) is 5.71 Å². The van der Waals surface area contributed by atoms with E-state index in [1.807, 2.05) is 24.3 Å². The molecule has 0 unspecified atom stereocenters. The molecule has 1 aromatic carbocycles. The molecule has 0 atom stereocenters. The van der Waals surface area contributed by atoms with Gasteiger partial charge in [-0.3, -0.25) is 5.43 Å². The van der Waals surface area contributed by atoms with Gasteiger partial charge in [0.2, 0.25) is 0 Å². The van der Waals surface area contributed by atoms with Crippen LogP contribution in [-0.4, -0.2) is 27.0 Å². The molecule has 6 nitrogen and oxygen atoms in total. The number of carboxylic acid groups (broad SMARTS) is 1. The predicted molar refractivity (Wildman–Crippen MR) is 63.9 cm³/mol. The van der Waals surface area contributed by atoms with Gasteiger partial charge >= 0.3 is 5.97 Å². The van der Waals surface area contributed by atoms with Crippen molar-refractivity contribution in [2.45, 2.75) is 6.92 Å². The number of hydrogen-bond donors (Lipinski definition) is 2. The fourth-order valence-electron chi connectivity index (χ4n) is 1.30. The molecule has 0 amide bonds. The molecular weight excluding hydrogens is 224 g/mol. The van der Waals surface area contributed by atoms with E-state index < -0.39 is 5.97 Å². The lowest BCUT2D eigenvalue weighted by Crippen LogP contribution is -2.10. The monoisotopic (exact) mass is 234 g/mol. The van der Waals surface area contributed by atoms with Crippen LogP contribution in [0.25, 0.3) is 10.8 Å². The van der Waals surface area contributed by atoms with Gasteiger partial charge in [-0.25, -0.2) is 4.79 Å². The van der Waals surface area contributed by atoms with Crippen molar-refractivity contribution < 1.29 is 9.90 Å². The number of carbonyl (C=O) groups is 1. The Labute approximate surface area is 97.0 Å². The summed E-state index contributed by atoms with van der Waals surface area (Å²) in [6, 6.07) is 7.50. The van der Waals surface area contributed by atoms with Crippen LogP contribution in [0.15, 0.2) is 35.6 Å². The lowest BCUT2D eigenvalue weighted by molar-refractivity contribution is -0.129. The Balaban J connectivity index is 2.37. The fraction of sp³-hybridized carbons (Fsp3) is 0.0909. The standard InChI is InChI=1S/C11H10N4O2/c1-7(11(16)17)13-15-10-9-5-3-2-4-8(9)6-12-14-10/h2-6H,1H3,(H,14,15)(H,16,17)/b13-7+/i12+1,13+1,14+1,15+1. The summed E-state index contributed by atoms with van der Waals surface area (Å²) in [6.07, 6.45) is 1.63. The minimum atomic E-state index is -1.08. The third-order valence-corrected chi connectivity index (χ3v) is 2.21. The summed E-state index contributed by atoms with van der Waals surface area (Å²) in [4.78, 5) is 10.6. The smallest absolute Gasteiger partial charge is 0.351 e. The number of nitrogens with one attached hydrogen (secondary N) is 1. The van der Waals surface area contributed by atoms with Crippen LogP contribution >= 0.6 is 0 Å². The highest BCUT2D eigenvalue weighted by Gasteiger charge is 2.04. The highest BCUT2D eigenvalue weighted by Crippen LogP contribution is 2.18. The first kappa shape index (κ1) is 11.0. The van der Waals surface area contributed by atoms with E-state index in [2.05, 4.69) is 20.7 Å². The van der Waals surface area contributed by atoms with Crippen LogP contribution in [0.2, 0.25) is 0 Å². The van der Waals surface area contributed by atoms with Crippen molar-refractivity contribution in [3.63, 3.8) is 0 Å². The van der Waals surface area contributed by atoms with Gasteiger partial charge in [-0.1, -0.05) is 24.3 Å². The number of aliphatic carboxylic acids is 1. The number of hydrazone groups is 1. The number of carboxylic acids is 1. The second kappa shape index (κ2) is 4.56. The number of hydrogen-bond acceptors (Lipinski definition) is 5. The molecule has 0 radical (unpaired) electrons. The first-order valence-corrected chi connectivity index (χ1v) is 4.92. The Bertz CT molecular complexity index is 590. The highest BCUT2D eigenvalue weighted by molar-refractivity contribution is 6.34. The maximum absolute atomic E-state index is 10.6. The van der Waals surface area contributed by atoms with E-state index in [1.54, 1.807) is 6.20 Å². The van der Waals surface area contributed by atoms with E-state index in [0.29, 0.717) is 5.82 Å². The second-order valence-corrected chi connectivity index (χ2v) is 3.39. The third kappa shape index (κ3) is 2.36. The van der Waals surface area contributed by atoms with Crippen molar-refractivity contribution in [3.8, 4) is 0 Å². The minimum Gasteiger partial charge on any atom is -0.477 e. The van der Waals surface area contributed by atoms with Crippen molar-refractivity contribution in [2.24, 2.45) is 5.10 Å². The molecule has 86 valence electrons. The molecule has 1 heterocycles. The van der Waals surface area contributed by atoms with Gasteiger partial charge < -0.3 is 5.11 Å². The van der Waals surface area contributed by atoms with Crippen molar-refractivity contribution in [3.05, 3.63) is 30.5 Å². The summed E-state index contributed by atoms with van der Waals surface area (Å²) in [5.41, 5.74) is 2.56. The molecule has 1 aromatic heterocycles. The van der Waals surface area contributed by atoms with E-state index >= 15 is 0 Å². The fourth-order valence-corrected chi connectivity index (χ4v) is 1.30. The van der Waals surface area contributed by atoms with Crippen molar-refractivity contribution in [1.82, 2.24) is 10.2 Å². The Kier molecular flexibility index (Phi) is 2.95. The summed E-state index contributed by atoms with van der Waals surface area (Å²) in [7, 11) is 0. The SMILES string of the molecule is C/C(=[15N]\[15NH]c1[15n][15n]cc2ccccc12)C(=O)O. The van der Waals surface area contributed by atoms with Crippen LogP contribution in [0.4, 0.5) is 5.82 Å². The second-order valence-electron chi connectivity index (χ2n) is 3.39. The number of fused-ring (bicyclic) bond motifs is 1. The average molecular weight is 234 g/mol. The van der Waals surface area contributed by atoms with E-state index in [4.69, 9.17) is 5.11 Å². The third-order valence-electron chi connectivity index (χ3n) is 2.21. The van der Waals surface area contributed by atoms with Crippen LogP contribution in [0, 0.1) is 0 Å². The van der Waals surface area contributed by atoms with Gasteiger partial charge in [0.25, 0.3) is 0 Å². The lowest BCUT2D eigenvalue weighted by Gasteiger charge is -2.03. The van der Waals surface area contributed by atoms with E-state index in [9.17, 15) is 4.79 Å². The van der Waals surface area contributed by atoms with Crippen LogP contribution in [0.1, 0.15) is 6.92 Å². The molecule has 0 saturated heterocycles. The van der Waals surface area contributed by atoms with Crippen LogP contribution in [-0.2, 0) is 4.79 Å². The number of rotatable bonds is 3. The van der Waals surface area contributed by atoms with Gasteiger partial charge in [0.15, 0.2) is 5.82 Å².